The molecule has 1 saturated carbocycles. The first-order chi connectivity index (χ1) is 10.9. The zero-order valence-corrected chi connectivity index (χ0v) is 13.2. The summed E-state index contributed by atoms with van der Waals surface area (Å²) in [4.78, 5) is 11.3. The second kappa shape index (κ2) is 6.14. The van der Waals surface area contributed by atoms with Crippen molar-refractivity contribution in [1.82, 2.24) is 0 Å². The van der Waals surface area contributed by atoms with E-state index in [2.05, 4.69) is 6.92 Å². The molecule has 1 nitrogen and oxygen atoms in total. The predicted octanol–water partition coefficient (Wildman–Crippen LogP) is 5.59. The van der Waals surface area contributed by atoms with Gasteiger partial charge >= 0.3 is 5.92 Å². The van der Waals surface area contributed by atoms with Crippen LogP contribution in [0.25, 0.3) is 6.08 Å². The van der Waals surface area contributed by atoms with E-state index in [1.54, 1.807) is 6.07 Å². The SMILES string of the molecule is CCCC1CCC(c2cc(F)c3c(c2)C=CC(=O)C3(F)F)CC1. The first kappa shape index (κ1) is 16.3. The van der Waals surface area contributed by atoms with Crippen LogP contribution in [0, 0.1) is 11.7 Å². The lowest BCUT2D eigenvalue weighted by Gasteiger charge is -2.30. The molecule has 1 fully saturated rings. The Morgan fingerprint density at radius 2 is 1.83 bits per heavy atom. The molecular weight excluding hydrogens is 301 g/mol. The number of alkyl halides is 2. The third-order valence-electron chi connectivity index (χ3n) is 5.20. The molecule has 0 unspecified atom stereocenters. The summed E-state index contributed by atoms with van der Waals surface area (Å²) in [5.74, 6) is -5.11. The molecule has 4 heteroatoms. The van der Waals surface area contributed by atoms with E-state index in [0.29, 0.717) is 0 Å². The summed E-state index contributed by atoms with van der Waals surface area (Å²) in [6.07, 6.45) is 8.74. The average Bonchev–Trinajstić information content (AvgIpc) is 2.51. The predicted molar refractivity (Wildman–Crippen MR) is 83.9 cm³/mol. The Balaban J connectivity index is 1.87. The first-order valence-corrected chi connectivity index (χ1v) is 8.37. The lowest BCUT2D eigenvalue weighted by Crippen LogP contribution is -2.29. The van der Waals surface area contributed by atoms with Crippen LogP contribution in [0.4, 0.5) is 13.2 Å². The molecule has 124 valence electrons. The highest BCUT2D eigenvalue weighted by atomic mass is 19.3. The molecule has 0 atom stereocenters. The van der Waals surface area contributed by atoms with Crippen LogP contribution in [-0.4, -0.2) is 5.78 Å². The van der Waals surface area contributed by atoms with Gasteiger partial charge < -0.3 is 0 Å². The third-order valence-corrected chi connectivity index (χ3v) is 5.20. The van der Waals surface area contributed by atoms with Crippen LogP contribution in [0.15, 0.2) is 18.2 Å². The van der Waals surface area contributed by atoms with E-state index in [0.717, 1.165) is 43.2 Å². The van der Waals surface area contributed by atoms with Gasteiger partial charge in [-0.25, -0.2) is 4.39 Å². The van der Waals surface area contributed by atoms with Crippen LogP contribution in [0.2, 0.25) is 0 Å². The number of carbonyl (C=O) groups excluding carboxylic acids is 1. The average molecular weight is 322 g/mol. The van der Waals surface area contributed by atoms with Crippen molar-refractivity contribution in [2.75, 3.05) is 0 Å². The van der Waals surface area contributed by atoms with Gasteiger partial charge in [0.05, 0.1) is 5.56 Å². The van der Waals surface area contributed by atoms with Gasteiger partial charge in [-0.3, -0.25) is 4.79 Å². The molecule has 0 spiro atoms. The monoisotopic (exact) mass is 322 g/mol. The van der Waals surface area contributed by atoms with E-state index >= 15 is 0 Å². The van der Waals surface area contributed by atoms with Crippen molar-refractivity contribution in [3.05, 3.63) is 40.7 Å². The lowest BCUT2D eigenvalue weighted by atomic mass is 9.76. The van der Waals surface area contributed by atoms with Crippen LogP contribution < -0.4 is 0 Å². The fraction of sp³-hybridized carbons (Fsp3) is 0.526. The minimum atomic E-state index is -3.76. The van der Waals surface area contributed by atoms with Crippen molar-refractivity contribution in [2.24, 2.45) is 5.92 Å². The number of hydrogen-bond acceptors (Lipinski definition) is 1. The van der Waals surface area contributed by atoms with E-state index < -0.39 is 23.1 Å². The van der Waals surface area contributed by atoms with Crippen molar-refractivity contribution >= 4 is 11.9 Å². The topological polar surface area (TPSA) is 17.1 Å². The fourth-order valence-electron chi connectivity index (χ4n) is 3.93. The number of ketones is 1. The van der Waals surface area contributed by atoms with Gasteiger partial charge in [0.25, 0.3) is 0 Å². The van der Waals surface area contributed by atoms with Gasteiger partial charge in [0.15, 0.2) is 0 Å². The first-order valence-electron chi connectivity index (χ1n) is 8.37. The van der Waals surface area contributed by atoms with E-state index in [9.17, 15) is 18.0 Å². The molecule has 2 aliphatic carbocycles. The van der Waals surface area contributed by atoms with Gasteiger partial charge in [-0.2, -0.15) is 8.78 Å². The van der Waals surface area contributed by atoms with Gasteiger partial charge in [-0.15, -0.1) is 0 Å². The molecule has 1 aromatic carbocycles. The number of carbonyl (C=O) groups is 1. The molecule has 0 N–H and O–H groups in total. The minimum Gasteiger partial charge on any atom is -0.288 e. The Kier molecular flexibility index (Phi) is 4.35. The number of benzene rings is 1. The summed E-state index contributed by atoms with van der Waals surface area (Å²) < 4.78 is 42.1. The van der Waals surface area contributed by atoms with Crippen LogP contribution >= 0.6 is 0 Å². The highest BCUT2D eigenvalue weighted by Crippen LogP contribution is 2.42. The van der Waals surface area contributed by atoms with Crippen LogP contribution in [-0.2, 0) is 10.7 Å². The number of allylic oxidation sites excluding steroid dienone is 1. The highest BCUT2D eigenvalue weighted by molar-refractivity contribution is 6.02. The van der Waals surface area contributed by atoms with E-state index in [4.69, 9.17) is 0 Å². The summed E-state index contributed by atoms with van der Waals surface area (Å²) in [5, 5.41) is 0. The quantitative estimate of drug-likeness (QED) is 0.709. The standard InChI is InChI=1S/C19H21F3O/c1-2-3-12-4-6-13(7-5-12)15-10-14-8-9-17(23)19(21,22)18(14)16(20)11-15/h8-13H,2-7H2,1H3. The number of fused-ring (bicyclic) bond motifs is 1. The Morgan fingerprint density at radius 3 is 2.48 bits per heavy atom. The highest BCUT2D eigenvalue weighted by Gasteiger charge is 2.45. The van der Waals surface area contributed by atoms with E-state index in [1.165, 1.54) is 25.0 Å². The van der Waals surface area contributed by atoms with Gasteiger partial charge in [0.2, 0.25) is 5.78 Å². The minimum absolute atomic E-state index is 0.139. The second-order valence-electron chi connectivity index (χ2n) is 6.75. The van der Waals surface area contributed by atoms with Crippen molar-refractivity contribution < 1.29 is 18.0 Å². The summed E-state index contributed by atoms with van der Waals surface area (Å²) >= 11 is 0. The normalized spacial score (nSPS) is 26.2. The van der Waals surface area contributed by atoms with E-state index in [1.807, 2.05) is 0 Å². The smallest absolute Gasteiger partial charge is 0.288 e. The van der Waals surface area contributed by atoms with Gasteiger partial charge in [-0.05, 0) is 60.8 Å². The molecule has 0 amide bonds. The molecule has 0 heterocycles. The Morgan fingerprint density at radius 1 is 1.13 bits per heavy atom. The van der Waals surface area contributed by atoms with Crippen LogP contribution in [0.3, 0.4) is 0 Å². The largest absolute Gasteiger partial charge is 0.337 e. The van der Waals surface area contributed by atoms with Crippen molar-refractivity contribution in [2.45, 2.75) is 57.3 Å². The molecule has 3 rings (SSSR count). The molecule has 0 bridgehead atoms. The Hall–Kier alpha value is -1.58. The Bertz CT molecular complexity index is 640. The summed E-state index contributed by atoms with van der Waals surface area (Å²) in [7, 11) is 0. The molecule has 23 heavy (non-hydrogen) atoms. The molecule has 1 aromatic rings. The third kappa shape index (κ3) is 2.96. The maximum absolute atomic E-state index is 14.3. The molecule has 0 saturated heterocycles. The Labute approximate surface area is 134 Å². The van der Waals surface area contributed by atoms with Gasteiger partial charge in [-0.1, -0.05) is 31.9 Å². The maximum atomic E-state index is 14.3. The lowest BCUT2D eigenvalue weighted by molar-refractivity contribution is -0.139. The molecule has 2 aliphatic rings. The number of halogens is 3. The summed E-state index contributed by atoms with van der Waals surface area (Å²) in [5.41, 5.74) is 0.152. The molecule has 0 aromatic heterocycles. The van der Waals surface area contributed by atoms with Gasteiger partial charge in [0.1, 0.15) is 5.82 Å². The van der Waals surface area contributed by atoms with Gasteiger partial charge in [0, 0.05) is 0 Å². The van der Waals surface area contributed by atoms with Crippen LogP contribution in [0.1, 0.15) is 68.1 Å². The molecule has 0 aliphatic heterocycles. The summed E-state index contributed by atoms with van der Waals surface area (Å²) in [6.45, 7) is 2.18. The number of rotatable bonds is 3. The van der Waals surface area contributed by atoms with Crippen molar-refractivity contribution in [3.63, 3.8) is 0 Å². The molecule has 0 radical (unpaired) electrons. The van der Waals surface area contributed by atoms with Crippen molar-refractivity contribution in [3.8, 4) is 0 Å². The number of hydrogen-bond donors (Lipinski definition) is 0. The summed E-state index contributed by atoms with van der Waals surface area (Å²) in [6, 6.07) is 2.85. The fourth-order valence-corrected chi connectivity index (χ4v) is 3.93. The van der Waals surface area contributed by atoms with Crippen molar-refractivity contribution in [1.29, 1.82) is 0 Å². The van der Waals surface area contributed by atoms with Crippen LogP contribution in [0.5, 0.6) is 0 Å². The zero-order valence-electron chi connectivity index (χ0n) is 13.2. The molecular formula is C19H21F3O. The zero-order chi connectivity index (χ0) is 16.6. The second-order valence-corrected chi connectivity index (χ2v) is 6.75. The maximum Gasteiger partial charge on any atom is 0.337 e. The van der Waals surface area contributed by atoms with E-state index in [-0.39, 0.29) is 11.5 Å².